The molecule has 0 amide bonds. The molecule has 1 aliphatic carbocycles. The zero-order valence-electron chi connectivity index (χ0n) is 10.1. The van der Waals surface area contributed by atoms with E-state index in [1.807, 2.05) is 6.92 Å². The van der Waals surface area contributed by atoms with E-state index in [1.54, 1.807) is 0 Å². The van der Waals surface area contributed by atoms with E-state index in [4.69, 9.17) is 9.47 Å². The van der Waals surface area contributed by atoms with Gasteiger partial charge in [0.2, 0.25) is 0 Å². The first-order valence-corrected chi connectivity index (χ1v) is 6.25. The molecule has 3 nitrogen and oxygen atoms in total. The molecule has 0 aromatic rings. The van der Waals surface area contributed by atoms with Crippen LogP contribution in [-0.2, 0) is 9.47 Å². The van der Waals surface area contributed by atoms with Gasteiger partial charge in [0.1, 0.15) is 0 Å². The highest BCUT2D eigenvalue weighted by molar-refractivity contribution is 4.80. The predicted molar refractivity (Wildman–Crippen MR) is 62.2 cm³/mol. The molecule has 0 spiro atoms. The number of ether oxygens (including phenoxy) is 2. The first kappa shape index (κ1) is 12.9. The molecule has 1 atom stereocenters. The highest BCUT2D eigenvalue weighted by Gasteiger charge is 2.19. The molecule has 0 aromatic heterocycles. The van der Waals surface area contributed by atoms with Gasteiger partial charge in [0.05, 0.1) is 19.3 Å². The van der Waals surface area contributed by atoms with Crippen molar-refractivity contribution in [1.82, 2.24) is 5.32 Å². The topological polar surface area (TPSA) is 30.5 Å². The van der Waals surface area contributed by atoms with Crippen molar-refractivity contribution in [2.24, 2.45) is 0 Å². The summed E-state index contributed by atoms with van der Waals surface area (Å²) >= 11 is 0. The Morgan fingerprint density at radius 1 is 1.33 bits per heavy atom. The summed E-state index contributed by atoms with van der Waals surface area (Å²) in [6.07, 6.45) is 5.48. The van der Waals surface area contributed by atoms with Crippen LogP contribution < -0.4 is 5.32 Å². The Morgan fingerprint density at radius 2 is 2.13 bits per heavy atom. The molecule has 15 heavy (non-hydrogen) atoms. The molecule has 1 fully saturated rings. The Morgan fingerprint density at radius 3 is 2.80 bits per heavy atom. The van der Waals surface area contributed by atoms with Crippen LogP contribution in [0.1, 0.15) is 39.5 Å². The van der Waals surface area contributed by atoms with Gasteiger partial charge in [0.15, 0.2) is 0 Å². The molecule has 1 rings (SSSR count). The van der Waals surface area contributed by atoms with Gasteiger partial charge >= 0.3 is 0 Å². The molecule has 0 saturated heterocycles. The average molecular weight is 215 g/mol. The van der Waals surface area contributed by atoms with Crippen molar-refractivity contribution < 1.29 is 9.47 Å². The minimum Gasteiger partial charge on any atom is -0.379 e. The smallest absolute Gasteiger partial charge is 0.0704 e. The predicted octanol–water partition coefficient (Wildman–Crippen LogP) is 1.96. The Labute approximate surface area is 93.5 Å². The number of rotatable bonds is 10. The van der Waals surface area contributed by atoms with Gasteiger partial charge in [-0.05, 0) is 46.1 Å². The van der Waals surface area contributed by atoms with Crippen LogP contribution >= 0.6 is 0 Å². The van der Waals surface area contributed by atoms with Crippen molar-refractivity contribution in [2.75, 3.05) is 26.4 Å². The molecule has 0 aromatic carbocycles. The van der Waals surface area contributed by atoms with Crippen molar-refractivity contribution in [3.8, 4) is 0 Å². The fourth-order valence-corrected chi connectivity index (χ4v) is 1.52. The summed E-state index contributed by atoms with van der Waals surface area (Å²) in [6.45, 7) is 7.52. The van der Waals surface area contributed by atoms with E-state index in [2.05, 4.69) is 12.2 Å². The van der Waals surface area contributed by atoms with Crippen LogP contribution in [0.3, 0.4) is 0 Å². The standard InChI is InChI=1S/C12H25NO2/c1-3-14-9-10-15-11(2)5-4-8-13-12-6-7-12/h11-13H,3-10H2,1-2H3. The van der Waals surface area contributed by atoms with Gasteiger partial charge in [-0.1, -0.05) is 0 Å². The van der Waals surface area contributed by atoms with Gasteiger partial charge in [-0.25, -0.2) is 0 Å². The van der Waals surface area contributed by atoms with Crippen LogP contribution in [0.2, 0.25) is 0 Å². The molecule has 0 heterocycles. The van der Waals surface area contributed by atoms with Gasteiger partial charge in [0.25, 0.3) is 0 Å². The lowest BCUT2D eigenvalue weighted by Gasteiger charge is -2.13. The SMILES string of the molecule is CCOCCOC(C)CCCNC1CC1. The van der Waals surface area contributed by atoms with Crippen molar-refractivity contribution in [3.63, 3.8) is 0 Å². The van der Waals surface area contributed by atoms with Gasteiger partial charge in [-0.2, -0.15) is 0 Å². The minimum atomic E-state index is 0.367. The van der Waals surface area contributed by atoms with Crippen LogP contribution in [0.15, 0.2) is 0 Å². The van der Waals surface area contributed by atoms with Gasteiger partial charge in [-0.15, -0.1) is 0 Å². The van der Waals surface area contributed by atoms with E-state index < -0.39 is 0 Å². The number of nitrogens with one attached hydrogen (secondary N) is 1. The molecule has 0 radical (unpaired) electrons. The Hall–Kier alpha value is -0.120. The third kappa shape index (κ3) is 7.77. The quantitative estimate of drug-likeness (QED) is 0.565. The number of hydrogen-bond acceptors (Lipinski definition) is 3. The van der Waals surface area contributed by atoms with E-state index in [1.165, 1.54) is 19.3 Å². The highest BCUT2D eigenvalue weighted by Crippen LogP contribution is 2.18. The van der Waals surface area contributed by atoms with Crippen LogP contribution in [0.5, 0.6) is 0 Å². The third-order valence-corrected chi connectivity index (χ3v) is 2.63. The Balaban J connectivity index is 1.77. The molecule has 3 heteroatoms. The van der Waals surface area contributed by atoms with Crippen molar-refractivity contribution in [1.29, 1.82) is 0 Å². The molecule has 1 unspecified atom stereocenters. The molecular formula is C12H25NO2. The first-order chi connectivity index (χ1) is 7.33. The Bertz CT molecular complexity index is 149. The lowest BCUT2D eigenvalue weighted by atomic mass is 10.2. The maximum atomic E-state index is 5.61. The lowest BCUT2D eigenvalue weighted by molar-refractivity contribution is 0.0115. The maximum Gasteiger partial charge on any atom is 0.0704 e. The Kier molecular flexibility index (Phi) is 6.98. The summed E-state index contributed by atoms with van der Waals surface area (Å²) in [7, 11) is 0. The minimum absolute atomic E-state index is 0.367. The fraction of sp³-hybridized carbons (Fsp3) is 1.00. The lowest BCUT2D eigenvalue weighted by Crippen LogP contribution is -2.20. The summed E-state index contributed by atoms with van der Waals surface area (Å²) in [5.74, 6) is 0. The second-order valence-corrected chi connectivity index (χ2v) is 4.25. The van der Waals surface area contributed by atoms with Crippen molar-refractivity contribution >= 4 is 0 Å². The molecule has 1 N–H and O–H groups in total. The normalized spacial score (nSPS) is 18.0. The fourth-order valence-electron chi connectivity index (χ4n) is 1.52. The van der Waals surface area contributed by atoms with Crippen molar-refractivity contribution in [3.05, 3.63) is 0 Å². The van der Waals surface area contributed by atoms with Gasteiger partial charge < -0.3 is 14.8 Å². The zero-order valence-corrected chi connectivity index (χ0v) is 10.1. The van der Waals surface area contributed by atoms with E-state index in [0.717, 1.165) is 38.8 Å². The van der Waals surface area contributed by atoms with Crippen LogP contribution in [0, 0.1) is 0 Å². The first-order valence-electron chi connectivity index (χ1n) is 6.25. The second-order valence-electron chi connectivity index (χ2n) is 4.25. The molecule has 0 bridgehead atoms. The zero-order chi connectivity index (χ0) is 10.9. The summed E-state index contributed by atoms with van der Waals surface area (Å²) in [6, 6.07) is 0.833. The van der Waals surface area contributed by atoms with Gasteiger partial charge in [-0.3, -0.25) is 0 Å². The van der Waals surface area contributed by atoms with Crippen LogP contribution in [0.4, 0.5) is 0 Å². The monoisotopic (exact) mass is 215 g/mol. The molecule has 1 aliphatic rings. The maximum absolute atomic E-state index is 5.61. The summed E-state index contributed by atoms with van der Waals surface area (Å²) < 4.78 is 10.8. The molecule has 1 saturated carbocycles. The molecule has 90 valence electrons. The summed E-state index contributed by atoms with van der Waals surface area (Å²) in [5.41, 5.74) is 0. The van der Waals surface area contributed by atoms with E-state index >= 15 is 0 Å². The number of hydrogen-bond donors (Lipinski definition) is 1. The van der Waals surface area contributed by atoms with Crippen LogP contribution in [-0.4, -0.2) is 38.5 Å². The van der Waals surface area contributed by atoms with Crippen molar-refractivity contribution in [2.45, 2.75) is 51.7 Å². The second kappa shape index (κ2) is 8.08. The summed E-state index contributed by atoms with van der Waals surface area (Å²) in [5, 5.41) is 3.51. The highest BCUT2D eigenvalue weighted by atomic mass is 16.5. The van der Waals surface area contributed by atoms with E-state index in [9.17, 15) is 0 Å². The molecule has 0 aliphatic heterocycles. The average Bonchev–Trinajstić information content (AvgIpc) is 3.03. The summed E-state index contributed by atoms with van der Waals surface area (Å²) in [4.78, 5) is 0. The van der Waals surface area contributed by atoms with E-state index in [-0.39, 0.29) is 0 Å². The molecular weight excluding hydrogens is 190 g/mol. The van der Waals surface area contributed by atoms with E-state index in [0.29, 0.717) is 6.10 Å². The van der Waals surface area contributed by atoms with Gasteiger partial charge in [0, 0.05) is 12.6 Å². The third-order valence-electron chi connectivity index (χ3n) is 2.63. The largest absolute Gasteiger partial charge is 0.379 e. The van der Waals surface area contributed by atoms with Crippen LogP contribution in [0.25, 0.3) is 0 Å².